The van der Waals surface area contributed by atoms with Gasteiger partial charge in [-0.05, 0) is 31.0 Å². The Balaban J connectivity index is 2.46. The highest BCUT2D eigenvalue weighted by atomic mass is 16.4. The van der Waals surface area contributed by atoms with Gasteiger partial charge in [0, 0.05) is 25.4 Å². The summed E-state index contributed by atoms with van der Waals surface area (Å²) in [6, 6.07) is 1.44. The molecule has 1 amide bonds. The summed E-state index contributed by atoms with van der Waals surface area (Å²) in [5.74, 6) is -1.70. The highest BCUT2D eigenvalue weighted by molar-refractivity contribution is 5.87. The maximum absolute atomic E-state index is 11.9. The molecule has 1 aliphatic heterocycles. The van der Waals surface area contributed by atoms with E-state index in [0.717, 1.165) is 11.1 Å². The van der Waals surface area contributed by atoms with Gasteiger partial charge in [-0.25, -0.2) is 0 Å². The Labute approximate surface area is 105 Å². The molecule has 0 aromatic carbocycles. The van der Waals surface area contributed by atoms with E-state index in [9.17, 15) is 14.7 Å². The van der Waals surface area contributed by atoms with Crippen molar-refractivity contribution in [1.29, 1.82) is 0 Å². The van der Waals surface area contributed by atoms with Gasteiger partial charge in [0.25, 0.3) is 0 Å². The third kappa shape index (κ3) is 1.96. The fourth-order valence-electron chi connectivity index (χ4n) is 2.56. The summed E-state index contributed by atoms with van der Waals surface area (Å²) in [6.07, 6.45) is 3.40. The summed E-state index contributed by atoms with van der Waals surface area (Å²) in [5, 5.41) is 9.27. The lowest BCUT2D eigenvalue weighted by atomic mass is 9.92. The van der Waals surface area contributed by atoms with Gasteiger partial charge in [-0.15, -0.1) is 0 Å². The summed E-state index contributed by atoms with van der Waals surface area (Å²) < 4.78 is 0. The SMILES string of the molecule is CCN1C(=O)CC(C(=O)O)C1c1cnccc1C. The number of aliphatic carboxylic acids is 1. The van der Waals surface area contributed by atoms with Crippen molar-refractivity contribution in [2.75, 3.05) is 6.54 Å². The first kappa shape index (κ1) is 12.5. The molecule has 0 bridgehead atoms. The van der Waals surface area contributed by atoms with Gasteiger partial charge in [-0.2, -0.15) is 0 Å². The van der Waals surface area contributed by atoms with Crippen molar-refractivity contribution in [3.8, 4) is 0 Å². The molecule has 1 saturated heterocycles. The fourth-order valence-corrected chi connectivity index (χ4v) is 2.56. The minimum atomic E-state index is -0.924. The van der Waals surface area contributed by atoms with E-state index < -0.39 is 17.9 Å². The maximum Gasteiger partial charge on any atom is 0.309 e. The number of nitrogens with zero attached hydrogens (tertiary/aromatic N) is 2. The maximum atomic E-state index is 11.9. The molecule has 2 atom stereocenters. The lowest BCUT2D eigenvalue weighted by Crippen LogP contribution is -2.30. The third-order valence-corrected chi connectivity index (χ3v) is 3.49. The van der Waals surface area contributed by atoms with Crippen LogP contribution in [0.3, 0.4) is 0 Å². The number of carbonyl (C=O) groups excluding carboxylic acids is 1. The Bertz CT molecular complexity index is 487. The highest BCUT2D eigenvalue weighted by Gasteiger charge is 2.44. The minimum absolute atomic E-state index is 0.0716. The van der Waals surface area contributed by atoms with Crippen LogP contribution in [-0.2, 0) is 9.59 Å². The lowest BCUT2D eigenvalue weighted by molar-refractivity contribution is -0.142. The summed E-state index contributed by atoms with van der Waals surface area (Å²) in [5.41, 5.74) is 1.80. The van der Waals surface area contributed by atoms with Crippen LogP contribution < -0.4 is 0 Å². The minimum Gasteiger partial charge on any atom is -0.481 e. The largest absolute Gasteiger partial charge is 0.481 e. The average Bonchev–Trinajstić information content (AvgIpc) is 2.67. The number of pyridine rings is 1. The van der Waals surface area contributed by atoms with Gasteiger partial charge in [0.1, 0.15) is 0 Å². The number of carbonyl (C=O) groups is 2. The Morgan fingerprint density at radius 3 is 2.89 bits per heavy atom. The van der Waals surface area contributed by atoms with Crippen molar-refractivity contribution in [3.05, 3.63) is 29.6 Å². The molecule has 0 saturated carbocycles. The van der Waals surface area contributed by atoms with Crippen LogP contribution in [0.5, 0.6) is 0 Å². The van der Waals surface area contributed by atoms with Crippen LogP contribution in [0.15, 0.2) is 18.5 Å². The molecule has 1 fully saturated rings. The van der Waals surface area contributed by atoms with Crippen molar-refractivity contribution < 1.29 is 14.7 Å². The number of hydrogen-bond acceptors (Lipinski definition) is 3. The molecule has 1 N–H and O–H groups in total. The molecule has 2 unspecified atom stereocenters. The Kier molecular flexibility index (Phi) is 3.32. The number of amides is 1. The van der Waals surface area contributed by atoms with Crippen molar-refractivity contribution in [1.82, 2.24) is 9.88 Å². The second kappa shape index (κ2) is 4.76. The molecule has 1 aromatic rings. The number of aromatic nitrogens is 1. The topological polar surface area (TPSA) is 70.5 Å². The Morgan fingerprint density at radius 1 is 1.61 bits per heavy atom. The molecule has 5 heteroatoms. The van der Waals surface area contributed by atoms with E-state index in [1.165, 1.54) is 0 Å². The molecular weight excluding hydrogens is 232 g/mol. The summed E-state index contributed by atoms with van der Waals surface area (Å²) in [4.78, 5) is 28.8. The number of likely N-dealkylation sites (tertiary alicyclic amines) is 1. The molecular formula is C13H16N2O3. The van der Waals surface area contributed by atoms with Gasteiger partial charge in [0.15, 0.2) is 0 Å². The molecule has 0 radical (unpaired) electrons. The number of carboxylic acids is 1. The van der Waals surface area contributed by atoms with Crippen LogP contribution in [0, 0.1) is 12.8 Å². The zero-order chi connectivity index (χ0) is 13.3. The van der Waals surface area contributed by atoms with E-state index in [2.05, 4.69) is 4.98 Å². The van der Waals surface area contributed by atoms with Crippen molar-refractivity contribution in [2.24, 2.45) is 5.92 Å². The molecule has 0 spiro atoms. The van der Waals surface area contributed by atoms with Crippen LogP contribution in [0.1, 0.15) is 30.5 Å². The van der Waals surface area contributed by atoms with Crippen LogP contribution >= 0.6 is 0 Å². The van der Waals surface area contributed by atoms with E-state index in [-0.39, 0.29) is 12.3 Å². The van der Waals surface area contributed by atoms with E-state index in [1.54, 1.807) is 17.3 Å². The van der Waals surface area contributed by atoms with Crippen molar-refractivity contribution in [3.63, 3.8) is 0 Å². The predicted octanol–water partition coefficient (Wildman–Crippen LogP) is 1.38. The van der Waals surface area contributed by atoms with Gasteiger partial charge in [-0.1, -0.05) is 0 Å². The van der Waals surface area contributed by atoms with E-state index in [0.29, 0.717) is 6.54 Å². The van der Waals surface area contributed by atoms with E-state index >= 15 is 0 Å². The number of aryl methyl sites for hydroxylation is 1. The van der Waals surface area contributed by atoms with E-state index in [4.69, 9.17) is 0 Å². The van der Waals surface area contributed by atoms with Crippen LogP contribution in [0.2, 0.25) is 0 Å². The van der Waals surface area contributed by atoms with Crippen molar-refractivity contribution in [2.45, 2.75) is 26.3 Å². The summed E-state index contributed by atoms with van der Waals surface area (Å²) in [7, 11) is 0. The first-order chi connectivity index (χ1) is 8.56. The van der Waals surface area contributed by atoms with Gasteiger partial charge in [-0.3, -0.25) is 14.6 Å². The van der Waals surface area contributed by atoms with E-state index in [1.807, 2.05) is 19.9 Å². The van der Waals surface area contributed by atoms with Gasteiger partial charge < -0.3 is 10.0 Å². The molecule has 2 rings (SSSR count). The zero-order valence-electron chi connectivity index (χ0n) is 10.5. The molecule has 1 aromatic heterocycles. The normalized spacial score (nSPS) is 23.4. The Morgan fingerprint density at radius 2 is 2.33 bits per heavy atom. The number of rotatable bonds is 3. The van der Waals surface area contributed by atoms with Crippen LogP contribution in [0.4, 0.5) is 0 Å². The smallest absolute Gasteiger partial charge is 0.309 e. The second-order valence-corrected chi connectivity index (χ2v) is 4.51. The molecule has 5 nitrogen and oxygen atoms in total. The average molecular weight is 248 g/mol. The molecule has 1 aliphatic rings. The van der Waals surface area contributed by atoms with Gasteiger partial charge in [0.05, 0.1) is 12.0 Å². The predicted molar refractivity (Wildman–Crippen MR) is 64.8 cm³/mol. The molecule has 96 valence electrons. The third-order valence-electron chi connectivity index (χ3n) is 3.49. The molecule has 18 heavy (non-hydrogen) atoms. The molecule has 0 aliphatic carbocycles. The van der Waals surface area contributed by atoms with Crippen LogP contribution in [-0.4, -0.2) is 33.4 Å². The first-order valence-corrected chi connectivity index (χ1v) is 5.99. The summed E-state index contributed by atoms with van der Waals surface area (Å²) >= 11 is 0. The second-order valence-electron chi connectivity index (χ2n) is 4.51. The fraction of sp³-hybridized carbons (Fsp3) is 0.462. The summed E-state index contributed by atoms with van der Waals surface area (Å²) in [6.45, 7) is 4.29. The first-order valence-electron chi connectivity index (χ1n) is 5.99. The monoisotopic (exact) mass is 248 g/mol. The van der Waals surface area contributed by atoms with Crippen LogP contribution in [0.25, 0.3) is 0 Å². The highest BCUT2D eigenvalue weighted by Crippen LogP contribution is 2.38. The quantitative estimate of drug-likeness (QED) is 0.877. The lowest BCUT2D eigenvalue weighted by Gasteiger charge is -2.26. The van der Waals surface area contributed by atoms with Gasteiger partial charge >= 0.3 is 5.97 Å². The number of carboxylic acid groups (broad SMARTS) is 1. The van der Waals surface area contributed by atoms with Crippen molar-refractivity contribution >= 4 is 11.9 Å². The Hall–Kier alpha value is -1.91. The standard InChI is InChI=1S/C13H16N2O3/c1-3-15-11(16)6-9(13(17)18)12(15)10-7-14-5-4-8(10)2/h4-5,7,9,12H,3,6H2,1-2H3,(H,17,18). The van der Waals surface area contributed by atoms with Gasteiger partial charge in [0.2, 0.25) is 5.91 Å². The number of hydrogen-bond donors (Lipinski definition) is 1. The molecule has 2 heterocycles. The zero-order valence-corrected chi connectivity index (χ0v) is 10.5.